The predicted molar refractivity (Wildman–Crippen MR) is 49.3 cm³/mol. The zero-order valence-electron chi connectivity index (χ0n) is 8.32. The molecule has 1 saturated heterocycles. The third-order valence-corrected chi connectivity index (χ3v) is 2.24. The molecule has 2 aliphatic rings. The second-order valence-electron chi connectivity index (χ2n) is 3.61. The summed E-state index contributed by atoms with van der Waals surface area (Å²) in [5.41, 5.74) is 2.92. The van der Waals surface area contributed by atoms with Crippen LogP contribution in [0.1, 0.15) is 19.8 Å². The zero-order chi connectivity index (χ0) is 11.0. The molecule has 2 N–H and O–H groups in total. The number of urea groups is 2. The van der Waals surface area contributed by atoms with E-state index in [-0.39, 0.29) is 12.7 Å². The van der Waals surface area contributed by atoms with Gasteiger partial charge in [0.15, 0.2) is 0 Å². The molecule has 2 fully saturated rings. The third-order valence-electron chi connectivity index (χ3n) is 2.24. The van der Waals surface area contributed by atoms with Crippen LogP contribution in [-0.4, -0.2) is 40.6 Å². The van der Waals surface area contributed by atoms with Crippen LogP contribution in [0.25, 0.3) is 0 Å². The number of imide groups is 3. The molecular weight excluding hydrogens is 200 g/mol. The summed E-state index contributed by atoms with van der Waals surface area (Å²) in [5.74, 6) is -0.584. The lowest BCUT2D eigenvalue weighted by molar-refractivity contribution is -0.124. The van der Waals surface area contributed by atoms with Crippen LogP contribution < -0.4 is 10.7 Å². The van der Waals surface area contributed by atoms with E-state index < -0.39 is 18.0 Å². The molecule has 7 nitrogen and oxygen atoms in total. The van der Waals surface area contributed by atoms with E-state index in [1.807, 2.05) is 0 Å². The van der Waals surface area contributed by atoms with E-state index >= 15 is 0 Å². The lowest BCUT2D eigenvalue weighted by Gasteiger charge is -2.33. The Morgan fingerprint density at radius 2 is 2.13 bits per heavy atom. The SMILES string of the molecule is CC(=O)N1C(=O)NCN(NC2CC2)C1=O. The van der Waals surface area contributed by atoms with Crippen molar-refractivity contribution in [2.45, 2.75) is 25.8 Å². The predicted octanol–water partition coefficient (Wildman–Crippen LogP) is -0.395. The summed E-state index contributed by atoms with van der Waals surface area (Å²) >= 11 is 0. The van der Waals surface area contributed by atoms with Gasteiger partial charge in [-0.05, 0) is 12.8 Å². The van der Waals surface area contributed by atoms with Gasteiger partial charge in [-0.15, -0.1) is 0 Å². The van der Waals surface area contributed by atoms with Gasteiger partial charge in [0.05, 0.1) is 0 Å². The Bertz CT molecular complexity index is 326. The van der Waals surface area contributed by atoms with Crippen molar-refractivity contribution in [3.8, 4) is 0 Å². The molecule has 0 aromatic carbocycles. The molecule has 15 heavy (non-hydrogen) atoms. The minimum atomic E-state index is -0.665. The largest absolute Gasteiger partial charge is 0.351 e. The number of hydrogen-bond acceptors (Lipinski definition) is 4. The number of rotatable bonds is 2. The van der Waals surface area contributed by atoms with Gasteiger partial charge in [0.1, 0.15) is 6.67 Å². The average Bonchev–Trinajstić information content (AvgIpc) is 2.93. The molecule has 1 aliphatic carbocycles. The van der Waals surface area contributed by atoms with E-state index in [4.69, 9.17) is 0 Å². The molecule has 1 aliphatic heterocycles. The second kappa shape index (κ2) is 3.50. The van der Waals surface area contributed by atoms with Crippen molar-refractivity contribution in [1.82, 2.24) is 20.7 Å². The molecule has 0 atom stereocenters. The van der Waals surface area contributed by atoms with Gasteiger partial charge in [0, 0.05) is 13.0 Å². The van der Waals surface area contributed by atoms with E-state index in [2.05, 4.69) is 10.7 Å². The summed E-state index contributed by atoms with van der Waals surface area (Å²) in [6, 6.07) is -0.989. The van der Waals surface area contributed by atoms with Crippen molar-refractivity contribution in [2.75, 3.05) is 6.67 Å². The van der Waals surface area contributed by atoms with E-state index in [0.717, 1.165) is 12.8 Å². The maximum Gasteiger partial charge on any atom is 0.351 e. The first kappa shape index (κ1) is 9.91. The summed E-state index contributed by atoms with van der Waals surface area (Å²) in [5, 5.41) is 3.69. The van der Waals surface area contributed by atoms with Gasteiger partial charge in [-0.2, -0.15) is 4.90 Å². The van der Waals surface area contributed by atoms with E-state index in [1.165, 1.54) is 11.9 Å². The van der Waals surface area contributed by atoms with Gasteiger partial charge in [-0.3, -0.25) is 4.79 Å². The van der Waals surface area contributed by atoms with Crippen LogP contribution in [0.5, 0.6) is 0 Å². The first-order chi connectivity index (χ1) is 7.09. The summed E-state index contributed by atoms with van der Waals surface area (Å²) in [6.07, 6.45) is 2.02. The number of hydrazine groups is 1. The highest BCUT2D eigenvalue weighted by Gasteiger charge is 2.37. The van der Waals surface area contributed by atoms with Crippen LogP contribution in [0.4, 0.5) is 9.59 Å². The Morgan fingerprint density at radius 3 is 2.67 bits per heavy atom. The zero-order valence-corrected chi connectivity index (χ0v) is 8.32. The minimum absolute atomic E-state index is 0.0952. The Labute approximate surface area is 86.4 Å². The molecule has 7 heteroatoms. The highest BCUT2D eigenvalue weighted by molar-refractivity contribution is 6.10. The Hall–Kier alpha value is -1.63. The van der Waals surface area contributed by atoms with Gasteiger partial charge in [0.25, 0.3) is 0 Å². The van der Waals surface area contributed by atoms with Gasteiger partial charge in [-0.1, -0.05) is 0 Å². The fraction of sp³-hybridized carbons (Fsp3) is 0.625. The normalized spacial score (nSPS) is 21.7. The van der Waals surface area contributed by atoms with Crippen molar-refractivity contribution in [3.05, 3.63) is 0 Å². The van der Waals surface area contributed by atoms with E-state index in [0.29, 0.717) is 4.90 Å². The summed E-state index contributed by atoms with van der Waals surface area (Å²) in [6.45, 7) is 1.27. The number of amides is 5. The molecule has 2 rings (SSSR count). The molecule has 1 heterocycles. The standard InChI is InChI=1S/C8H12N4O3/c1-5(13)12-7(14)9-4-11(8(12)15)10-6-2-3-6/h6,10H,2-4H2,1H3,(H,9,14). The van der Waals surface area contributed by atoms with Crippen LogP contribution in [0, 0.1) is 0 Å². The molecule has 0 unspecified atom stereocenters. The molecule has 0 bridgehead atoms. The van der Waals surface area contributed by atoms with Crippen molar-refractivity contribution in [2.24, 2.45) is 0 Å². The Balaban J connectivity index is 2.06. The molecule has 82 valence electrons. The highest BCUT2D eigenvalue weighted by atomic mass is 16.2. The van der Waals surface area contributed by atoms with Crippen LogP contribution in [-0.2, 0) is 4.79 Å². The highest BCUT2D eigenvalue weighted by Crippen LogP contribution is 2.19. The first-order valence-electron chi connectivity index (χ1n) is 4.76. The quantitative estimate of drug-likeness (QED) is 0.652. The first-order valence-corrected chi connectivity index (χ1v) is 4.76. The van der Waals surface area contributed by atoms with Crippen molar-refractivity contribution >= 4 is 18.0 Å². The van der Waals surface area contributed by atoms with Crippen molar-refractivity contribution in [1.29, 1.82) is 0 Å². The molecule has 0 radical (unpaired) electrons. The lowest BCUT2D eigenvalue weighted by atomic mass is 10.5. The third kappa shape index (κ3) is 1.91. The smallest absolute Gasteiger partial charge is 0.318 e. The topological polar surface area (TPSA) is 81.8 Å². The number of nitrogens with one attached hydrogen (secondary N) is 2. The van der Waals surface area contributed by atoms with E-state index in [1.54, 1.807) is 0 Å². The summed E-state index contributed by atoms with van der Waals surface area (Å²) < 4.78 is 0. The van der Waals surface area contributed by atoms with Crippen LogP contribution in [0.3, 0.4) is 0 Å². The Morgan fingerprint density at radius 1 is 1.47 bits per heavy atom. The van der Waals surface area contributed by atoms with Gasteiger partial charge < -0.3 is 5.32 Å². The molecule has 0 spiro atoms. The molecular formula is C8H12N4O3. The number of carbonyl (C=O) groups is 3. The molecule has 0 aromatic heterocycles. The molecule has 1 saturated carbocycles. The molecule has 5 amide bonds. The monoisotopic (exact) mass is 212 g/mol. The maximum atomic E-state index is 11.6. The number of hydrogen-bond donors (Lipinski definition) is 2. The molecule has 0 aromatic rings. The van der Waals surface area contributed by atoms with Gasteiger partial charge in [0.2, 0.25) is 5.91 Å². The van der Waals surface area contributed by atoms with Crippen LogP contribution >= 0.6 is 0 Å². The van der Waals surface area contributed by atoms with Crippen LogP contribution in [0.2, 0.25) is 0 Å². The van der Waals surface area contributed by atoms with E-state index in [9.17, 15) is 14.4 Å². The second-order valence-corrected chi connectivity index (χ2v) is 3.61. The summed E-state index contributed by atoms with van der Waals surface area (Å²) in [7, 11) is 0. The number of carbonyl (C=O) groups excluding carboxylic acids is 3. The van der Waals surface area contributed by atoms with Crippen molar-refractivity contribution < 1.29 is 14.4 Å². The maximum absolute atomic E-state index is 11.6. The van der Waals surface area contributed by atoms with Crippen LogP contribution in [0.15, 0.2) is 0 Å². The fourth-order valence-corrected chi connectivity index (χ4v) is 1.31. The minimum Gasteiger partial charge on any atom is -0.318 e. The van der Waals surface area contributed by atoms with Crippen molar-refractivity contribution in [3.63, 3.8) is 0 Å². The average molecular weight is 212 g/mol. The van der Waals surface area contributed by atoms with Gasteiger partial charge in [-0.25, -0.2) is 20.0 Å². The summed E-state index contributed by atoms with van der Waals surface area (Å²) in [4.78, 5) is 34.5. The number of nitrogens with zero attached hydrogens (tertiary/aromatic N) is 2. The lowest BCUT2D eigenvalue weighted by Crippen LogP contribution is -2.64. The Kier molecular flexibility index (Phi) is 2.31. The fourth-order valence-electron chi connectivity index (χ4n) is 1.31. The van der Waals surface area contributed by atoms with Gasteiger partial charge >= 0.3 is 12.1 Å².